The number of anilines is 2. The van der Waals surface area contributed by atoms with E-state index in [1.54, 1.807) is 6.92 Å². The Balaban J connectivity index is 1.62. The van der Waals surface area contributed by atoms with Crippen LogP contribution in [0.25, 0.3) is 11.0 Å². The molecule has 6 nitrogen and oxygen atoms in total. The van der Waals surface area contributed by atoms with Gasteiger partial charge in [-0.1, -0.05) is 29.8 Å². The third-order valence-electron chi connectivity index (χ3n) is 5.11. The zero-order valence-electron chi connectivity index (χ0n) is 16.6. The molecule has 7 heteroatoms. The molecule has 0 N–H and O–H groups in total. The number of aryl methyl sites for hydroxylation is 1. The zero-order valence-corrected chi connectivity index (χ0v) is 17.3. The molecule has 0 radical (unpaired) electrons. The number of aromatic nitrogens is 2. The molecule has 150 valence electrons. The van der Waals surface area contributed by atoms with Gasteiger partial charge in [0.1, 0.15) is 0 Å². The number of rotatable bonds is 4. The van der Waals surface area contributed by atoms with Crippen molar-refractivity contribution >= 4 is 40.1 Å². The van der Waals surface area contributed by atoms with Crippen LogP contribution in [0, 0.1) is 6.92 Å². The van der Waals surface area contributed by atoms with Crippen LogP contribution in [0.5, 0.6) is 0 Å². The van der Waals surface area contributed by atoms with Crippen molar-refractivity contribution in [3.05, 3.63) is 58.7 Å². The normalized spacial score (nSPS) is 14.3. The Bertz CT molecular complexity index is 1050. The van der Waals surface area contributed by atoms with Crippen LogP contribution in [0.2, 0.25) is 5.02 Å². The van der Waals surface area contributed by atoms with Crippen molar-refractivity contribution in [1.29, 1.82) is 0 Å². The number of fused-ring (bicyclic) bond motifs is 1. The minimum atomic E-state index is -0.436. The van der Waals surface area contributed by atoms with Gasteiger partial charge in [0, 0.05) is 36.9 Å². The van der Waals surface area contributed by atoms with Gasteiger partial charge in [0.05, 0.1) is 17.6 Å². The van der Waals surface area contributed by atoms with E-state index in [1.165, 1.54) is 5.56 Å². The number of para-hydroxylation sites is 2. The highest BCUT2D eigenvalue weighted by Crippen LogP contribution is 2.28. The van der Waals surface area contributed by atoms with E-state index in [1.807, 2.05) is 42.5 Å². The van der Waals surface area contributed by atoms with Crippen molar-refractivity contribution in [3.63, 3.8) is 0 Å². The molecule has 0 aliphatic carbocycles. The molecule has 29 heavy (non-hydrogen) atoms. The average Bonchev–Trinajstić information content (AvgIpc) is 2.75. The molecule has 0 amide bonds. The Hall–Kier alpha value is -2.86. The van der Waals surface area contributed by atoms with E-state index in [2.05, 4.69) is 21.7 Å². The van der Waals surface area contributed by atoms with Crippen molar-refractivity contribution in [3.8, 4) is 0 Å². The second kappa shape index (κ2) is 8.25. The average molecular weight is 411 g/mol. The molecule has 2 heterocycles. The van der Waals surface area contributed by atoms with Crippen LogP contribution in [0.3, 0.4) is 0 Å². The van der Waals surface area contributed by atoms with Crippen LogP contribution in [-0.4, -0.2) is 48.7 Å². The fraction of sp³-hybridized carbons (Fsp3) is 0.318. The quantitative estimate of drug-likeness (QED) is 0.603. The van der Waals surface area contributed by atoms with Crippen molar-refractivity contribution in [2.45, 2.75) is 13.8 Å². The Morgan fingerprint density at radius 3 is 2.38 bits per heavy atom. The molecular weight excluding hydrogens is 388 g/mol. The topological polar surface area (TPSA) is 58.6 Å². The molecule has 3 aromatic rings. The van der Waals surface area contributed by atoms with Gasteiger partial charge >= 0.3 is 5.97 Å². The minimum Gasteiger partial charge on any atom is -0.461 e. The number of hydrogen-bond donors (Lipinski definition) is 0. The number of nitrogens with zero attached hydrogens (tertiary/aromatic N) is 4. The van der Waals surface area contributed by atoms with E-state index in [9.17, 15) is 4.79 Å². The molecule has 4 rings (SSSR count). The molecule has 0 atom stereocenters. The van der Waals surface area contributed by atoms with Gasteiger partial charge in [-0.3, -0.25) is 0 Å². The summed E-state index contributed by atoms with van der Waals surface area (Å²) in [7, 11) is 0. The van der Waals surface area contributed by atoms with Crippen LogP contribution < -0.4 is 9.80 Å². The number of benzene rings is 2. The summed E-state index contributed by atoms with van der Waals surface area (Å²) in [5, 5.41) is 0.734. The molecule has 1 fully saturated rings. The number of esters is 1. The molecular formula is C22H23ClN4O2. The number of carbonyl (C=O) groups is 1. The second-order valence-corrected chi connectivity index (χ2v) is 7.45. The van der Waals surface area contributed by atoms with Gasteiger partial charge in [-0.15, -0.1) is 0 Å². The molecule has 1 aromatic heterocycles. The summed E-state index contributed by atoms with van der Waals surface area (Å²) >= 11 is 6.19. The largest absolute Gasteiger partial charge is 0.461 e. The predicted molar refractivity (Wildman–Crippen MR) is 116 cm³/mol. The Morgan fingerprint density at radius 2 is 1.69 bits per heavy atom. The van der Waals surface area contributed by atoms with E-state index >= 15 is 0 Å². The highest BCUT2D eigenvalue weighted by atomic mass is 35.5. The first-order valence-electron chi connectivity index (χ1n) is 9.76. The summed E-state index contributed by atoms with van der Waals surface area (Å²) in [5.41, 5.74) is 4.07. The van der Waals surface area contributed by atoms with Crippen LogP contribution in [0.15, 0.2) is 42.5 Å². The lowest BCUT2D eigenvalue weighted by Gasteiger charge is -2.37. The molecule has 2 aromatic carbocycles. The standard InChI is InChI=1S/C22H23ClN4O2/c1-3-29-22(28)20-21(25-18-7-5-4-6-17(18)24-20)27-12-10-26(11-13-27)19-14-16(23)9-8-15(19)2/h4-9,14H,3,10-13H2,1-2H3. The first-order chi connectivity index (χ1) is 14.1. The number of piperazine rings is 1. The van der Waals surface area contributed by atoms with Gasteiger partial charge < -0.3 is 14.5 Å². The Morgan fingerprint density at radius 1 is 1.03 bits per heavy atom. The maximum absolute atomic E-state index is 12.5. The Labute approximate surface area is 175 Å². The summed E-state index contributed by atoms with van der Waals surface area (Å²) in [6, 6.07) is 13.5. The third-order valence-corrected chi connectivity index (χ3v) is 5.35. The van der Waals surface area contributed by atoms with Gasteiger partial charge in [-0.25, -0.2) is 14.8 Å². The van der Waals surface area contributed by atoms with Crippen LogP contribution >= 0.6 is 11.6 Å². The highest BCUT2D eigenvalue weighted by molar-refractivity contribution is 6.30. The first kappa shape index (κ1) is 19.5. The number of carbonyl (C=O) groups excluding carboxylic acids is 1. The summed E-state index contributed by atoms with van der Waals surface area (Å²) in [4.78, 5) is 26.3. The van der Waals surface area contributed by atoms with Crippen molar-refractivity contribution < 1.29 is 9.53 Å². The van der Waals surface area contributed by atoms with Gasteiger partial charge in [0.2, 0.25) is 0 Å². The second-order valence-electron chi connectivity index (χ2n) is 7.01. The summed E-state index contributed by atoms with van der Waals surface area (Å²) in [5.74, 6) is 0.151. The van der Waals surface area contributed by atoms with Gasteiger partial charge in [-0.2, -0.15) is 0 Å². The van der Waals surface area contributed by atoms with Crippen LogP contribution in [-0.2, 0) is 4.74 Å². The van der Waals surface area contributed by atoms with Crippen LogP contribution in [0.4, 0.5) is 11.5 Å². The SMILES string of the molecule is CCOC(=O)c1nc2ccccc2nc1N1CCN(c2cc(Cl)ccc2C)CC1. The smallest absolute Gasteiger partial charge is 0.360 e. The van der Waals surface area contributed by atoms with E-state index in [0.717, 1.165) is 42.4 Å². The first-order valence-corrected chi connectivity index (χ1v) is 10.1. The van der Waals surface area contributed by atoms with Crippen LogP contribution in [0.1, 0.15) is 23.0 Å². The predicted octanol–water partition coefficient (Wildman–Crippen LogP) is 4.09. The van der Waals surface area contributed by atoms with Crippen molar-refractivity contribution in [2.24, 2.45) is 0 Å². The maximum Gasteiger partial charge on any atom is 0.360 e. The fourth-order valence-corrected chi connectivity index (χ4v) is 3.80. The summed E-state index contributed by atoms with van der Waals surface area (Å²) in [6.45, 7) is 7.24. The molecule has 1 aliphatic heterocycles. The maximum atomic E-state index is 12.5. The van der Waals surface area contributed by atoms with E-state index in [4.69, 9.17) is 21.3 Å². The van der Waals surface area contributed by atoms with Crippen molar-refractivity contribution in [1.82, 2.24) is 9.97 Å². The number of ether oxygens (including phenoxy) is 1. The van der Waals surface area contributed by atoms with Gasteiger partial charge in [0.15, 0.2) is 11.5 Å². The molecule has 0 bridgehead atoms. The lowest BCUT2D eigenvalue weighted by Crippen LogP contribution is -2.47. The Kier molecular flexibility index (Phi) is 5.53. The number of halogens is 1. The summed E-state index contributed by atoms with van der Waals surface area (Å²) in [6.07, 6.45) is 0. The molecule has 1 aliphatic rings. The zero-order chi connectivity index (χ0) is 20.4. The van der Waals surface area contributed by atoms with E-state index in [0.29, 0.717) is 17.9 Å². The lowest BCUT2D eigenvalue weighted by molar-refractivity contribution is 0.0520. The van der Waals surface area contributed by atoms with E-state index < -0.39 is 5.97 Å². The summed E-state index contributed by atoms with van der Waals surface area (Å²) < 4.78 is 5.23. The van der Waals surface area contributed by atoms with Gasteiger partial charge in [0.25, 0.3) is 0 Å². The molecule has 0 spiro atoms. The lowest BCUT2D eigenvalue weighted by atomic mass is 10.1. The molecule has 1 saturated heterocycles. The van der Waals surface area contributed by atoms with E-state index in [-0.39, 0.29) is 5.69 Å². The molecule has 0 unspecified atom stereocenters. The van der Waals surface area contributed by atoms with Crippen molar-refractivity contribution in [2.75, 3.05) is 42.6 Å². The third kappa shape index (κ3) is 3.98. The monoisotopic (exact) mass is 410 g/mol. The number of hydrogen-bond acceptors (Lipinski definition) is 6. The fourth-order valence-electron chi connectivity index (χ4n) is 3.63. The minimum absolute atomic E-state index is 0.276. The van der Waals surface area contributed by atoms with Gasteiger partial charge in [-0.05, 0) is 43.7 Å². The highest BCUT2D eigenvalue weighted by Gasteiger charge is 2.26. The molecule has 0 saturated carbocycles.